The van der Waals surface area contributed by atoms with Crippen molar-refractivity contribution in [2.75, 3.05) is 20.6 Å². The lowest BCUT2D eigenvalue weighted by Gasteiger charge is -2.23. The summed E-state index contributed by atoms with van der Waals surface area (Å²) < 4.78 is 8.18. The number of hydroxylamine groups is 2. The van der Waals surface area contributed by atoms with Crippen molar-refractivity contribution in [3.63, 3.8) is 0 Å². The molecule has 0 aromatic carbocycles. The molecule has 1 aliphatic rings. The molecule has 0 aromatic heterocycles. The average Bonchev–Trinajstić information content (AvgIpc) is 2.68. The van der Waals surface area contributed by atoms with Crippen molar-refractivity contribution >= 4 is 23.7 Å². The minimum atomic E-state index is -2.09. The molecule has 0 bridgehead atoms. The van der Waals surface area contributed by atoms with Crippen molar-refractivity contribution in [2.45, 2.75) is 32.7 Å². The van der Waals surface area contributed by atoms with Crippen LogP contribution in [0.15, 0.2) is 0 Å². The Kier molecular flexibility index (Phi) is 5.26. The molecule has 1 heterocycles. The molecule has 0 saturated carbocycles. The van der Waals surface area contributed by atoms with Crippen LogP contribution < -0.4 is 5.32 Å². The number of carbonyl (C=O) groups is 4. The van der Waals surface area contributed by atoms with Crippen LogP contribution in [0.25, 0.3) is 0 Å². The van der Waals surface area contributed by atoms with Crippen LogP contribution in [-0.2, 0) is 24.0 Å². The fourth-order valence-corrected chi connectivity index (χ4v) is 1.70. The van der Waals surface area contributed by atoms with Crippen molar-refractivity contribution in [1.29, 1.82) is 0 Å². The zero-order valence-corrected chi connectivity index (χ0v) is 12.6. The number of amides is 3. The van der Waals surface area contributed by atoms with Gasteiger partial charge in [-0.2, -0.15) is 0 Å². The second-order valence-electron chi connectivity index (χ2n) is 5.31. The summed E-state index contributed by atoms with van der Waals surface area (Å²) in [7, 11) is 3.33. The van der Waals surface area contributed by atoms with Crippen molar-refractivity contribution in [3.8, 4) is 0 Å². The van der Waals surface area contributed by atoms with Gasteiger partial charge in [-0.25, -0.2) is 4.79 Å². The molecule has 1 rings (SSSR count). The fraction of sp³-hybridized carbons (Fsp3) is 0.692. The lowest BCUT2D eigenvalue weighted by Crippen LogP contribution is -2.50. The standard InChI is InChI=1S/C13H21N3O5/c1-8(2)12(14-9(17)7-15(3)4)13(20)21-16-10(18)5-6-11(16)19/h8,12H,5-7H2,1-4H3,(H,14,17)/i9+1,12D,14+1,15+1,17+2,20+2. The Morgan fingerprint density at radius 1 is 1.38 bits per heavy atom. The third-order valence-corrected chi connectivity index (χ3v) is 2.71. The van der Waals surface area contributed by atoms with E-state index in [4.69, 9.17) is 6.21 Å². The van der Waals surface area contributed by atoms with Crippen molar-refractivity contribution in [3.05, 3.63) is 0 Å². The van der Waals surface area contributed by atoms with Gasteiger partial charge in [0, 0.05) is 12.8 Å². The van der Waals surface area contributed by atoms with E-state index in [-0.39, 0.29) is 19.4 Å². The number of imide groups is 1. The van der Waals surface area contributed by atoms with Gasteiger partial charge in [-0.15, -0.1) is 5.06 Å². The average molecular weight is 307 g/mol. The molecule has 1 N–H and O–H groups in total. The first-order valence-electron chi connectivity index (χ1n) is 7.12. The first-order valence-corrected chi connectivity index (χ1v) is 6.62. The van der Waals surface area contributed by atoms with Crippen LogP contribution in [0, 0.1) is 5.92 Å². The predicted octanol–water partition coefficient (Wildman–Crippen LogP) is -0.704. The highest BCUT2D eigenvalue weighted by atomic mass is 18.1. The van der Waals surface area contributed by atoms with Gasteiger partial charge in [0.1, 0.15) is 6.02 Å². The topological polar surface area (TPSA) is 96.0 Å². The van der Waals surface area contributed by atoms with E-state index < -0.39 is 35.6 Å². The van der Waals surface area contributed by atoms with Crippen LogP contribution in [0.2, 0.25) is 0 Å². The van der Waals surface area contributed by atoms with Crippen LogP contribution in [0.1, 0.15) is 28.1 Å². The SMILES string of the molecule is [2H]C([15NH][13C](=[18O])C[15N](C)C)(C(=[18O])ON1C(=O)CCC1=O)C(C)C. The molecule has 1 aliphatic heterocycles. The smallest absolute Gasteiger partial charge is 0.341 e. The van der Waals surface area contributed by atoms with Gasteiger partial charge in [0.2, 0.25) is 5.91 Å². The molecule has 1 unspecified atom stereocenters. The van der Waals surface area contributed by atoms with Crippen molar-refractivity contribution < 1.29 is 25.4 Å². The zero-order valence-electron chi connectivity index (χ0n) is 13.6. The van der Waals surface area contributed by atoms with E-state index in [1.807, 2.05) is 0 Å². The van der Waals surface area contributed by atoms with Gasteiger partial charge in [0.15, 0.2) is 0 Å². The van der Waals surface area contributed by atoms with Gasteiger partial charge in [-0.1, -0.05) is 13.8 Å². The molecular formula is C13H21N3O5. The molecule has 0 aliphatic carbocycles. The molecule has 3 amide bonds. The Labute approximate surface area is 124 Å². The molecule has 1 atom stereocenters. The summed E-state index contributed by atoms with van der Waals surface area (Å²) in [4.78, 5) is 53.2. The highest BCUT2D eigenvalue weighted by Crippen LogP contribution is 2.14. The Balaban J connectivity index is 2.84. The van der Waals surface area contributed by atoms with Crippen molar-refractivity contribution in [2.24, 2.45) is 5.92 Å². The van der Waals surface area contributed by atoms with Crippen LogP contribution >= 0.6 is 0 Å². The number of hydrogen-bond donors (Lipinski definition) is 1. The molecule has 0 radical (unpaired) electrons. The van der Waals surface area contributed by atoms with E-state index in [2.05, 4.69) is 5.32 Å². The molecule has 8 nitrogen and oxygen atoms in total. The second kappa shape index (κ2) is 7.16. The Hall–Kier alpha value is -1.96. The highest BCUT2D eigenvalue weighted by molar-refractivity contribution is 6.02. The number of nitrogens with zero attached hydrogens (tertiary/aromatic N) is 2. The number of likely N-dealkylation sites (N-methyl/N-ethyl adjacent to an activating group) is 1. The Morgan fingerprint density at radius 3 is 2.33 bits per heavy atom. The zero-order chi connectivity index (χ0) is 17.1. The maximum Gasteiger partial charge on any atom is 0.355 e. The summed E-state index contributed by atoms with van der Waals surface area (Å²) in [5.41, 5.74) is 0. The highest BCUT2D eigenvalue weighted by Gasteiger charge is 2.36. The van der Waals surface area contributed by atoms with Gasteiger partial charge in [0.05, 0.1) is 7.92 Å². The van der Waals surface area contributed by atoms with Crippen molar-refractivity contribution in [1.82, 2.24) is 15.3 Å². The Morgan fingerprint density at radius 2 is 1.90 bits per heavy atom. The fourth-order valence-electron chi connectivity index (χ4n) is 1.70. The molecule has 0 spiro atoms. The molecule has 8 heteroatoms. The van der Waals surface area contributed by atoms with Crippen LogP contribution in [-0.4, -0.2) is 60.3 Å². The summed E-state index contributed by atoms with van der Waals surface area (Å²) in [5.74, 6) is -3.60. The van der Waals surface area contributed by atoms with Gasteiger partial charge >= 0.3 is 5.97 Å². The summed E-state index contributed by atoms with van der Waals surface area (Å²) in [6.07, 6.45) is -0.0719. The molecule has 118 valence electrons. The summed E-state index contributed by atoms with van der Waals surface area (Å²) >= 11 is 0. The molecule has 0 aromatic rings. The van der Waals surface area contributed by atoms with Crippen LogP contribution in [0.4, 0.5) is 0 Å². The first kappa shape index (κ1) is 15.4. The number of rotatable bonds is 6. The van der Waals surface area contributed by atoms with E-state index >= 15 is 0 Å². The number of nitrogens with one attached hydrogen (secondary N) is 1. The van der Waals surface area contributed by atoms with E-state index in [9.17, 15) is 19.2 Å². The molecule has 1 fully saturated rings. The maximum atomic E-state index is 12.2. The minimum absolute atomic E-state index is 0.0117. The van der Waals surface area contributed by atoms with E-state index in [1.54, 1.807) is 32.8 Å². The van der Waals surface area contributed by atoms with Crippen LogP contribution in [0.5, 0.6) is 0 Å². The van der Waals surface area contributed by atoms with Gasteiger partial charge in [0.25, 0.3) is 11.8 Å². The Bertz CT molecular complexity index is 478. The summed E-state index contributed by atoms with van der Waals surface area (Å²) in [5, 5.41) is 2.66. The quantitative estimate of drug-likeness (QED) is 0.302. The first-order chi connectivity index (χ1) is 10.1. The lowest BCUT2D eigenvalue weighted by molar-refractivity contribution is -0.199. The van der Waals surface area contributed by atoms with Gasteiger partial charge in [-0.05, 0) is 20.0 Å². The summed E-state index contributed by atoms with van der Waals surface area (Å²) in [6.45, 7) is 3.10. The van der Waals surface area contributed by atoms with Gasteiger partial charge in [-0.3, -0.25) is 14.4 Å². The third kappa shape index (κ3) is 4.82. The minimum Gasteiger partial charge on any atom is -0.341 e. The number of carbonyl (C=O) groups excluding carboxylic acids is 4. The van der Waals surface area contributed by atoms with Crippen LogP contribution in [0.3, 0.4) is 0 Å². The monoisotopic (exact) mass is 307 g/mol. The van der Waals surface area contributed by atoms with E-state index in [0.29, 0.717) is 5.06 Å². The van der Waals surface area contributed by atoms with E-state index in [1.165, 1.54) is 0 Å². The molecular weight excluding hydrogens is 285 g/mol. The molecule has 1 saturated heterocycles. The lowest BCUT2D eigenvalue weighted by atomic mass is 10.1. The molecule has 21 heavy (non-hydrogen) atoms. The maximum absolute atomic E-state index is 12.2. The van der Waals surface area contributed by atoms with Gasteiger partial charge < -0.3 is 15.1 Å². The predicted molar refractivity (Wildman–Crippen MR) is 72.5 cm³/mol. The van der Waals surface area contributed by atoms with E-state index in [0.717, 1.165) is 0 Å². The third-order valence-electron chi connectivity index (χ3n) is 2.71. The second-order valence-corrected chi connectivity index (χ2v) is 5.31. The normalized spacial score (nSPS) is 18.8. The largest absolute Gasteiger partial charge is 0.355 e. The summed E-state index contributed by atoms with van der Waals surface area (Å²) in [6, 6.07) is -2.09. The number of hydrogen-bond acceptors (Lipinski definition) is 6.